The predicted octanol–water partition coefficient (Wildman–Crippen LogP) is 3.14. The number of benzene rings is 1. The third-order valence-electron chi connectivity index (χ3n) is 3.85. The van der Waals surface area contributed by atoms with Gasteiger partial charge >= 0.3 is 0 Å². The summed E-state index contributed by atoms with van der Waals surface area (Å²) in [6.45, 7) is 5.81. The lowest BCUT2D eigenvalue weighted by Crippen LogP contribution is -2.44. The van der Waals surface area contributed by atoms with Crippen LogP contribution in [0.2, 0.25) is 5.02 Å². The molecular formula is C15H21ClNO. The second kappa shape index (κ2) is 6.05. The minimum Gasteiger partial charge on any atom is -0.385 e. The van der Waals surface area contributed by atoms with Gasteiger partial charge in [0.1, 0.15) is 0 Å². The Balaban J connectivity index is 2.29. The van der Waals surface area contributed by atoms with Crippen molar-refractivity contribution in [3.63, 3.8) is 0 Å². The summed E-state index contributed by atoms with van der Waals surface area (Å²) in [6.07, 6.45) is 3.57. The molecule has 99 valence electrons. The Hall–Kier alpha value is -0.570. The van der Waals surface area contributed by atoms with Crippen molar-refractivity contribution in [1.82, 2.24) is 5.32 Å². The third kappa shape index (κ3) is 2.87. The smallest absolute Gasteiger partial charge is 0.0937 e. The second-order valence-electron chi connectivity index (χ2n) is 5.08. The van der Waals surface area contributed by atoms with Gasteiger partial charge in [-0.1, -0.05) is 37.1 Å². The summed E-state index contributed by atoms with van der Waals surface area (Å²) in [5.41, 5.74) is 0.118. The van der Waals surface area contributed by atoms with Gasteiger partial charge in [0.15, 0.2) is 0 Å². The van der Waals surface area contributed by atoms with Gasteiger partial charge in [-0.25, -0.2) is 0 Å². The van der Waals surface area contributed by atoms with Gasteiger partial charge in [0.05, 0.1) is 5.60 Å². The number of nitrogens with one attached hydrogen (secondary N) is 1. The van der Waals surface area contributed by atoms with E-state index in [0.717, 1.165) is 37.9 Å². The highest BCUT2D eigenvalue weighted by Gasteiger charge is 2.38. The normalized spacial score (nSPS) is 23.6. The average Bonchev–Trinajstić information content (AvgIpc) is 2.40. The number of halogens is 1. The van der Waals surface area contributed by atoms with Gasteiger partial charge in [0.2, 0.25) is 0 Å². The summed E-state index contributed by atoms with van der Waals surface area (Å²) in [6, 6.07) is 7.60. The summed E-state index contributed by atoms with van der Waals surface area (Å²) >= 11 is 6.05. The van der Waals surface area contributed by atoms with Crippen LogP contribution in [-0.4, -0.2) is 18.2 Å². The first-order chi connectivity index (χ1) is 8.66. The van der Waals surface area contributed by atoms with E-state index in [1.165, 1.54) is 0 Å². The Morgan fingerprint density at radius 1 is 1.50 bits per heavy atom. The van der Waals surface area contributed by atoms with Crippen molar-refractivity contribution >= 4 is 11.6 Å². The molecule has 1 fully saturated rings. The maximum Gasteiger partial charge on any atom is 0.0937 e. The van der Waals surface area contributed by atoms with Gasteiger partial charge in [0.25, 0.3) is 0 Å². The topological polar surface area (TPSA) is 32.3 Å². The molecule has 2 atom stereocenters. The van der Waals surface area contributed by atoms with Crippen LogP contribution in [0, 0.1) is 12.8 Å². The molecule has 3 heteroatoms. The van der Waals surface area contributed by atoms with Gasteiger partial charge in [0, 0.05) is 17.5 Å². The van der Waals surface area contributed by atoms with E-state index in [4.69, 9.17) is 11.6 Å². The molecule has 1 unspecified atom stereocenters. The standard InChI is InChI=1S/C15H21ClNO/c1-2-8-15(18,13-6-4-9-17-11-13)12-5-3-7-14(16)10-12/h3,5,7,10,13,17-18H,1-2,4,6,8-9,11H2/t13-,15?/m1/s1. The highest BCUT2D eigenvalue weighted by Crippen LogP contribution is 2.38. The molecule has 1 saturated heterocycles. The van der Waals surface area contributed by atoms with Gasteiger partial charge in [-0.05, 0) is 43.5 Å². The number of piperidine rings is 1. The molecular weight excluding hydrogens is 246 g/mol. The van der Waals surface area contributed by atoms with Crippen molar-refractivity contribution in [2.75, 3.05) is 13.1 Å². The predicted molar refractivity (Wildman–Crippen MR) is 75.5 cm³/mol. The molecule has 2 nitrogen and oxygen atoms in total. The maximum absolute atomic E-state index is 11.1. The van der Waals surface area contributed by atoms with E-state index in [1.807, 2.05) is 24.3 Å². The van der Waals surface area contributed by atoms with Crippen LogP contribution >= 0.6 is 11.6 Å². The van der Waals surface area contributed by atoms with E-state index in [9.17, 15) is 5.11 Å². The zero-order chi connectivity index (χ0) is 13.0. The first-order valence-electron chi connectivity index (χ1n) is 6.65. The number of rotatable bonds is 4. The lowest BCUT2D eigenvalue weighted by atomic mass is 9.75. The largest absolute Gasteiger partial charge is 0.385 e. The SMILES string of the molecule is [CH2]CCC(O)(c1cccc(Cl)c1)[C@@H]1CCCNC1. The molecule has 2 rings (SSSR count). The molecule has 0 spiro atoms. The average molecular weight is 267 g/mol. The minimum absolute atomic E-state index is 0.242. The van der Waals surface area contributed by atoms with E-state index in [1.54, 1.807) is 0 Å². The van der Waals surface area contributed by atoms with Crippen LogP contribution in [0.1, 0.15) is 31.2 Å². The van der Waals surface area contributed by atoms with E-state index in [-0.39, 0.29) is 5.92 Å². The maximum atomic E-state index is 11.1. The number of aliphatic hydroxyl groups is 1. The molecule has 1 aliphatic heterocycles. The third-order valence-corrected chi connectivity index (χ3v) is 4.09. The highest BCUT2D eigenvalue weighted by molar-refractivity contribution is 6.30. The molecule has 1 heterocycles. The highest BCUT2D eigenvalue weighted by atomic mass is 35.5. The zero-order valence-corrected chi connectivity index (χ0v) is 11.4. The van der Waals surface area contributed by atoms with Gasteiger partial charge in [-0.3, -0.25) is 0 Å². The quantitative estimate of drug-likeness (QED) is 0.878. The van der Waals surface area contributed by atoms with E-state index in [0.29, 0.717) is 11.4 Å². The van der Waals surface area contributed by atoms with Crippen LogP contribution in [0.4, 0.5) is 0 Å². The van der Waals surface area contributed by atoms with Gasteiger partial charge in [-0.2, -0.15) is 0 Å². The molecule has 18 heavy (non-hydrogen) atoms. The second-order valence-corrected chi connectivity index (χ2v) is 5.52. The summed E-state index contributed by atoms with van der Waals surface area (Å²) < 4.78 is 0. The van der Waals surface area contributed by atoms with Crippen LogP contribution < -0.4 is 5.32 Å². The Labute approximate surface area is 114 Å². The Morgan fingerprint density at radius 3 is 2.94 bits per heavy atom. The molecule has 2 N–H and O–H groups in total. The molecule has 1 radical (unpaired) electrons. The van der Waals surface area contributed by atoms with Crippen molar-refractivity contribution in [2.24, 2.45) is 5.92 Å². The summed E-state index contributed by atoms with van der Waals surface area (Å²) in [4.78, 5) is 0. The van der Waals surface area contributed by atoms with E-state index >= 15 is 0 Å². The number of hydrogen-bond donors (Lipinski definition) is 2. The van der Waals surface area contributed by atoms with Crippen molar-refractivity contribution in [1.29, 1.82) is 0 Å². The van der Waals surface area contributed by atoms with Crippen LogP contribution in [0.3, 0.4) is 0 Å². The molecule has 1 aliphatic rings. The lowest BCUT2D eigenvalue weighted by Gasteiger charge is -2.39. The van der Waals surface area contributed by atoms with E-state index < -0.39 is 5.60 Å². The Morgan fingerprint density at radius 2 is 2.33 bits per heavy atom. The van der Waals surface area contributed by atoms with Crippen LogP contribution in [0.15, 0.2) is 24.3 Å². The van der Waals surface area contributed by atoms with Crippen molar-refractivity contribution in [3.05, 3.63) is 41.8 Å². The minimum atomic E-state index is -0.805. The molecule has 1 aromatic rings. The zero-order valence-electron chi connectivity index (χ0n) is 10.7. The summed E-state index contributed by atoms with van der Waals surface area (Å²) in [7, 11) is 0. The first kappa shape index (κ1) is 13.9. The molecule has 0 saturated carbocycles. The summed E-state index contributed by atoms with van der Waals surface area (Å²) in [5.74, 6) is 0.242. The number of hydrogen-bond acceptors (Lipinski definition) is 2. The first-order valence-corrected chi connectivity index (χ1v) is 7.03. The molecule has 0 bridgehead atoms. The Kier molecular flexibility index (Phi) is 4.66. The molecule has 1 aromatic carbocycles. The fourth-order valence-electron chi connectivity index (χ4n) is 2.87. The van der Waals surface area contributed by atoms with Crippen molar-refractivity contribution in [3.8, 4) is 0 Å². The lowest BCUT2D eigenvalue weighted by molar-refractivity contribution is -0.0400. The molecule has 0 amide bonds. The summed E-state index contributed by atoms with van der Waals surface area (Å²) in [5, 5.41) is 15.1. The monoisotopic (exact) mass is 266 g/mol. The fraction of sp³-hybridized carbons (Fsp3) is 0.533. The van der Waals surface area contributed by atoms with Gasteiger partial charge in [-0.15, -0.1) is 0 Å². The fourth-order valence-corrected chi connectivity index (χ4v) is 3.06. The van der Waals surface area contributed by atoms with Gasteiger partial charge < -0.3 is 10.4 Å². The van der Waals surface area contributed by atoms with Crippen molar-refractivity contribution in [2.45, 2.75) is 31.3 Å². The van der Waals surface area contributed by atoms with Crippen LogP contribution in [0.25, 0.3) is 0 Å². The van der Waals surface area contributed by atoms with Crippen LogP contribution in [-0.2, 0) is 5.60 Å². The van der Waals surface area contributed by atoms with Crippen LogP contribution in [0.5, 0.6) is 0 Å². The van der Waals surface area contributed by atoms with E-state index in [2.05, 4.69) is 12.2 Å². The molecule has 0 aromatic heterocycles. The molecule has 0 aliphatic carbocycles. The Bertz CT molecular complexity index is 390. The van der Waals surface area contributed by atoms with Crippen molar-refractivity contribution < 1.29 is 5.11 Å².